The summed E-state index contributed by atoms with van der Waals surface area (Å²) in [6.45, 7) is 5.15. The lowest BCUT2D eigenvalue weighted by Gasteiger charge is -2.21. The zero-order chi connectivity index (χ0) is 13.7. The van der Waals surface area contributed by atoms with Crippen molar-refractivity contribution in [3.63, 3.8) is 0 Å². The van der Waals surface area contributed by atoms with Gasteiger partial charge in [-0.25, -0.2) is 0 Å². The number of rotatable bonds is 6. The lowest BCUT2D eigenvalue weighted by Crippen LogP contribution is -2.25. The van der Waals surface area contributed by atoms with Crippen LogP contribution >= 0.6 is 0 Å². The molecule has 2 nitrogen and oxygen atoms in total. The van der Waals surface area contributed by atoms with Gasteiger partial charge in [-0.15, -0.1) is 0 Å². The molecular weight excluding hydrogens is 232 g/mol. The minimum Gasteiger partial charge on any atom is -0.330 e. The summed E-state index contributed by atoms with van der Waals surface area (Å²) in [5.41, 5.74) is 7.02. The molecule has 0 fully saturated rings. The third-order valence-electron chi connectivity index (χ3n) is 3.60. The molecule has 0 heterocycles. The van der Waals surface area contributed by atoms with Gasteiger partial charge in [0.15, 0.2) is 0 Å². The molecule has 1 atom stereocenters. The zero-order valence-corrected chi connectivity index (χ0v) is 12.0. The van der Waals surface area contributed by atoms with Crippen LogP contribution in [-0.4, -0.2) is 25.0 Å². The number of hydrogen-bond donors (Lipinski definition) is 1. The Morgan fingerprint density at radius 2 is 1.84 bits per heavy atom. The minimum absolute atomic E-state index is 0.657. The van der Waals surface area contributed by atoms with Crippen LogP contribution in [0.25, 0.3) is 10.8 Å². The van der Waals surface area contributed by atoms with Gasteiger partial charge in [-0.3, -0.25) is 0 Å². The Bertz CT molecular complexity index is 516. The summed E-state index contributed by atoms with van der Waals surface area (Å²) < 4.78 is 0. The van der Waals surface area contributed by atoms with E-state index >= 15 is 0 Å². The molecule has 0 spiro atoms. The van der Waals surface area contributed by atoms with Gasteiger partial charge in [0, 0.05) is 13.1 Å². The maximum absolute atomic E-state index is 5.61. The first-order chi connectivity index (χ1) is 9.20. The molecule has 2 rings (SSSR count). The largest absolute Gasteiger partial charge is 0.330 e. The molecule has 0 amide bonds. The van der Waals surface area contributed by atoms with Gasteiger partial charge in [0.1, 0.15) is 0 Å². The van der Waals surface area contributed by atoms with Crippen molar-refractivity contribution in [2.75, 3.05) is 20.1 Å². The van der Waals surface area contributed by atoms with Crippen molar-refractivity contribution < 1.29 is 0 Å². The van der Waals surface area contributed by atoms with Crippen molar-refractivity contribution in [2.45, 2.75) is 19.9 Å². The Labute approximate surface area is 116 Å². The van der Waals surface area contributed by atoms with Gasteiger partial charge < -0.3 is 10.6 Å². The summed E-state index contributed by atoms with van der Waals surface area (Å²) in [4.78, 5) is 2.39. The number of hydrogen-bond acceptors (Lipinski definition) is 2. The molecule has 0 bridgehead atoms. The molecule has 0 aromatic heterocycles. The predicted molar refractivity (Wildman–Crippen MR) is 83.1 cm³/mol. The molecule has 1 unspecified atom stereocenters. The highest BCUT2D eigenvalue weighted by molar-refractivity contribution is 5.85. The van der Waals surface area contributed by atoms with Crippen molar-refractivity contribution in [1.29, 1.82) is 0 Å². The van der Waals surface area contributed by atoms with Crippen molar-refractivity contribution >= 4 is 10.8 Å². The molecule has 0 saturated heterocycles. The fourth-order valence-electron chi connectivity index (χ4n) is 2.69. The molecule has 0 radical (unpaired) electrons. The SMILES string of the molecule is CC(CCN)CN(C)Cc1cccc2ccccc12. The van der Waals surface area contributed by atoms with E-state index in [0.29, 0.717) is 5.92 Å². The van der Waals surface area contributed by atoms with Crippen LogP contribution in [0.15, 0.2) is 42.5 Å². The van der Waals surface area contributed by atoms with E-state index in [-0.39, 0.29) is 0 Å². The third kappa shape index (κ3) is 3.79. The highest BCUT2D eigenvalue weighted by Gasteiger charge is 2.08. The summed E-state index contributed by atoms with van der Waals surface area (Å²) in [6.07, 6.45) is 1.10. The van der Waals surface area contributed by atoms with E-state index < -0.39 is 0 Å². The zero-order valence-electron chi connectivity index (χ0n) is 12.0. The lowest BCUT2D eigenvalue weighted by atomic mass is 10.0. The van der Waals surface area contributed by atoms with Crippen molar-refractivity contribution in [3.05, 3.63) is 48.0 Å². The first-order valence-electron chi connectivity index (χ1n) is 7.06. The Morgan fingerprint density at radius 1 is 1.11 bits per heavy atom. The summed E-state index contributed by atoms with van der Waals surface area (Å²) in [5, 5.41) is 2.69. The summed E-state index contributed by atoms with van der Waals surface area (Å²) in [5.74, 6) is 0.657. The molecule has 102 valence electrons. The molecule has 0 aliphatic rings. The van der Waals surface area contributed by atoms with Crippen LogP contribution in [0.2, 0.25) is 0 Å². The molecular formula is C17H24N2. The average molecular weight is 256 g/mol. The molecule has 19 heavy (non-hydrogen) atoms. The number of nitrogens with zero attached hydrogens (tertiary/aromatic N) is 1. The van der Waals surface area contributed by atoms with E-state index in [4.69, 9.17) is 5.73 Å². The summed E-state index contributed by atoms with van der Waals surface area (Å²) >= 11 is 0. The molecule has 0 aliphatic carbocycles. The standard InChI is InChI=1S/C17H24N2/c1-14(10-11-18)12-19(2)13-16-8-5-7-15-6-3-4-9-17(15)16/h3-9,14H,10-13,18H2,1-2H3. The van der Waals surface area contributed by atoms with Gasteiger partial charge in [0.25, 0.3) is 0 Å². The fourth-order valence-corrected chi connectivity index (χ4v) is 2.69. The van der Waals surface area contributed by atoms with Gasteiger partial charge in [0.05, 0.1) is 0 Å². The minimum atomic E-state index is 0.657. The van der Waals surface area contributed by atoms with Crippen LogP contribution in [0.3, 0.4) is 0 Å². The van der Waals surface area contributed by atoms with E-state index in [1.165, 1.54) is 16.3 Å². The van der Waals surface area contributed by atoms with Crippen molar-refractivity contribution in [2.24, 2.45) is 11.7 Å². The second-order valence-corrected chi connectivity index (χ2v) is 5.52. The topological polar surface area (TPSA) is 29.3 Å². The number of benzene rings is 2. The number of nitrogens with two attached hydrogens (primary N) is 1. The molecule has 2 aromatic rings. The third-order valence-corrected chi connectivity index (χ3v) is 3.60. The van der Waals surface area contributed by atoms with Gasteiger partial charge in [-0.1, -0.05) is 49.4 Å². The first-order valence-corrected chi connectivity index (χ1v) is 7.06. The van der Waals surface area contributed by atoms with E-state index in [1.54, 1.807) is 0 Å². The van der Waals surface area contributed by atoms with Crippen LogP contribution in [0.4, 0.5) is 0 Å². The summed E-state index contributed by atoms with van der Waals surface area (Å²) in [6, 6.07) is 15.1. The summed E-state index contributed by atoms with van der Waals surface area (Å²) in [7, 11) is 2.19. The van der Waals surface area contributed by atoms with E-state index in [1.807, 2.05) is 0 Å². The monoisotopic (exact) mass is 256 g/mol. The molecule has 0 saturated carbocycles. The Balaban J connectivity index is 2.08. The second kappa shape index (κ2) is 6.69. The van der Waals surface area contributed by atoms with Crippen molar-refractivity contribution in [1.82, 2.24) is 4.90 Å². The fraction of sp³-hybridized carbons (Fsp3) is 0.412. The van der Waals surface area contributed by atoms with Gasteiger partial charge in [-0.2, -0.15) is 0 Å². The Kier molecular flexibility index (Phi) is 4.94. The van der Waals surface area contributed by atoms with E-state index in [0.717, 1.165) is 26.1 Å². The van der Waals surface area contributed by atoms with Crippen LogP contribution in [0, 0.1) is 5.92 Å². The average Bonchev–Trinajstić information content (AvgIpc) is 2.39. The quantitative estimate of drug-likeness (QED) is 0.859. The molecule has 2 aromatic carbocycles. The van der Waals surface area contributed by atoms with Gasteiger partial charge >= 0.3 is 0 Å². The van der Waals surface area contributed by atoms with Crippen LogP contribution in [-0.2, 0) is 6.54 Å². The van der Waals surface area contributed by atoms with E-state index in [2.05, 4.69) is 61.3 Å². The highest BCUT2D eigenvalue weighted by Crippen LogP contribution is 2.20. The second-order valence-electron chi connectivity index (χ2n) is 5.52. The van der Waals surface area contributed by atoms with E-state index in [9.17, 15) is 0 Å². The van der Waals surface area contributed by atoms with Crippen LogP contribution in [0.5, 0.6) is 0 Å². The maximum atomic E-state index is 5.61. The molecule has 2 heteroatoms. The maximum Gasteiger partial charge on any atom is 0.0236 e. The Hall–Kier alpha value is -1.38. The highest BCUT2D eigenvalue weighted by atomic mass is 15.1. The van der Waals surface area contributed by atoms with Crippen LogP contribution in [0.1, 0.15) is 18.9 Å². The predicted octanol–water partition coefficient (Wildman–Crippen LogP) is 3.26. The van der Waals surface area contributed by atoms with Gasteiger partial charge in [0.2, 0.25) is 0 Å². The molecule has 0 aliphatic heterocycles. The Morgan fingerprint density at radius 3 is 2.63 bits per heavy atom. The first kappa shape index (κ1) is 14.0. The normalized spacial score (nSPS) is 13.1. The van der Waals surface area contributed by atoms with Crippen LogP contribution < -0.4 is 5.73 Å². The molecule has 2 N–H and O–H groups in total. The van der Waals surface area contributed by atoms with Crippen molar-refractivity contribution in [3.8, 4) is 0 Å². The van der Waals surface area contributed by atoms with Gasteiger partial charge in [-0.05, 0) is 42.3 Å². The number of fused-ring (bicyclic) bond motifs is 1. The smallest absolute Gasteiger partial charge is 0.0236 e. The lowest BCUT2D eigenvalue weighted by molar-refractivity contribution is 0.274.